The fourth-order valence-corrected chi connectivity index (χ4v) is 3.92. The number of piperazine rings is 1. The van der Waals surface area contributed by atoms with Crippen LogP contribution in [0.5, 0.6) is 0 Å². The molecule has 2 heterocycles. The Hall–Kier alpha value is -1.16. The second-order valence-electron chi connectivity index (χ2n) is 6.84. The number of hydrogen-bond donors (Lipinski definition) is 1. The SMILES string of the molecule is c1nc(C2CCC2)nc(C2CCCC2)c1N1CCNCC1. The second-order valence-corrected chi connectivity index (χ2v) is 6.84. The normalized spacial score (nSPS) is 24.3. The predicted molar refractivity (Wildman–Crippen MR) is 84.9 cm³/mol. The number of anilines is 1. The Balaban J connectivity index is 1.66. The second kappa shape index (κ2) is 5.91. The van der Waals surface area contributed by atoms with Gasteiger partial charge in [-0.15, -0.1) is 0 Å². The Bertz CT molecular complexity index is 486. The summed E-state index contributed by atoms with van der Waals surface area (Å²) in [4.78, 5) is 12.3. The fourth-order valence-electron chi connectivity index (χ4n) is 3.92. The molecule has 0 unspecified atom stereocenters. The van der Waals surface area contributed by atoms with Gasteiger partial charge in [0.25, 0.3) is 0 Å². The first-order chi connectivity index (χ1) is 10.4. The van der Waals surface area contributed by atoms with Crippen LogP contribution in [0.15, 0.2) is 6.20 Å². The van der Waals surface area contributed by atoms with Gasteiger partial charge in [-0.05, 0) is 25.7 Å². The number of nitrogens with zero attached hydrogens (tertiary/aromatic N) is 3. The summed E-state index contributed by atoms with van der Waals surface area (Å²) in [7, 11) is 0. The molecule has 114 valence electrons. The van der Waals surface area contributed by atoms with Crippen molar-refractivity contribution in [1.82, 2.24) is 15.3 Å². The molecular formula is C17H26N4. The molecule has 3 fully saturated rings. The van der Waals surface area contributed by atoms with E-state index in [9.17, 15) is 0 Å². The minimum absolute atomic E-state index is 0.641. The monoisotopic (exact) mass is 286 g/mol. The molecule has 0 radical (unpaired) electrons. The van der Waals surface area contributed by atoms with Crippen molar-refractivity contribution in [3.63, 3.8) is 0 Å². The van der Waals surface area contributed by atoms with E-state index in [0.29, 0.717) is 11.8 Å². The summed E-state index contributed by atoms with van der Waals surface area (Å²) in [5, 5.41) is 3.44. The lowest BCUT2D eigenvalue weighted by molar-refractivity contribution is 0.399. The van der Waals surface area contributed by atoms with Crippen molar-refractivity contribution in [3.05, 3.63) is 17.7 Å². The first kappa shape index (κ1) is 13.5. The fraction of sp³-hybridized carbons (Fsp3) is 0.765. The maximum Gasteiger partial charge on any atom is 0.131 e. The summed E-state index contributed by atoms with van der Waals surface area (Å²) in [5.41, 5.74) is 2.69. The molecule has 0 atom stereocenters. The van der Waals surface area contributed by atoms with Crippen molar-refractivity contribution in [2.45, 2.75) is 56.8 Å². The molecule has 1 aliphatic heterocycles. The van der Waals surface area contributed by atoms with E-state index >= 15 is 0 Å². The zero-order valence-electron chi connectivity index (χ0n) is 12.9. The van der Waals surface area contributed by atoms with Gasteiger partial charge in [-0.2, -0.15) is 0 Å². The molecule has 1 N–H and O–H groups in total. The van der Waals surface area contributed by atoms with Gasteiger partial charge >= 0.3 is 0 Å². The third-order valence-corrected chi connectivity index (χ3v) is 5.49. The van der Waals surface area contributed by atoms with Crippen LogP contribution in [0.1, 0.15) is 68.3 Å². The number of aromatic nitrogens is 2. The molecular weight excluding hydrogens is 260 g/mol. The van der Waals surface area contributed by atoms with Gasteiger partial charge in [0.2, 0.25) is 0 Å². The maximum absolute atomic E-state index is 5.08. The molecule has 2 aliphatic carbocycles. The Morgan fingerprint density at radius 1 is 0.952 bits per heavy atom. The van der Waals surface area contributed by atoms with Gasteiger partial charge in [-0.25, -0.2) is 9.97 Å². The molecule has 3 aliphatic rings. The van der Waals surface area contributed by atoms with Crippen molar-refractivity contribution in [3.8, 4) is 0 Å². The molecule has 1 aromatic rings. The molecule has 4 nitrogen and oxygen atoms in total. The van der Waals surface area contributed by atoms with Gasteiger partial charge in [0, 0.05) is 38.0 Å². The number of rotatable bonds is 3. The molecule has 4 rings (SSSR count). The molecule has 0 bridgehead atoms. The summed E-state index contributed by atoms with van der Waals surface area (Å²) in [6.07, 6.45) is 11.4. The smallest absolute Gasteiger partial charge is 0.131 e. The van der Waals surface area contributed by atoms with E-state index in [-0.39, 0.29) is 0 Å². The van der Waals surface area contributed by atoms with Crippen LogP contribution < -0.4 is 10.2 Å². The minimum Gasteiger partial charge on any atom is -0.366 e. The van der Waals surface area contributed by atoms with Crippen molar-refractivity contribution in [1.29, 1.82) is 0 Å². The summed E-state index contributed by atoms with van der Waals surface area (Å²) >= 11 is 0. The van der Waals surface area contributed by atoms with Gasteiger partial charge in [0.15, 0.2) is 0 Å². The number of nitrogens with one attached hydrogen (secondary N) is 1. The van der Waals surface area contributed by atoms with Crippen molar-refractivity contribution < 1.29 is 0 Å². The quantitative estimate of drug-likeness (QED) is 0.927. The van der Waals surface area contributed by atoms with E-state index < -0.39 is 0 Å². The Morgan fingerprint density at radius 3 is 2.33 bits per heavy atom. The molecule has 4 heteroatoms. The first-order valence-corrected chi connectivity index (χ1v) is 8.74. The molecule has 21 heavy (non-hydrogen) atoms. The highest BCUT2D eigenvalue weighted by molar-refractivity contribution is 5.51. The molecule has 0 aromatic carbocycles. The Labute approximate surface area is 127 Å². The average molecular weight is 286 g/mol. The topological polar surface area (TPSA) is 41.1 Å². The lowest BCUT2D eigenvalue weighted by atomic mass is 9.84. The average Bonchev–Trinajstić information content (AvgIpc) is 3.00. The minimum atomic E-state index is 0.641. The molecule has 1 saturated heterocycles. The van der Waals surface area contributed by atoms with E-state index in [0.717, 1.165) is 32.0 Å². The van der Waals surface area contributed by atoms with Crippen LogP contribution in [0, 0.1) is 0 Å². The summed E-state index contributed by atoms with van der Waals surface area (Å²) in [6.45, 7) is 4.33. The van der Waals surface area contributed by atoms with E-state index in [1.54, 1.807) is 0 Å². The van der Waals surface area contributed by atoms with Crippen LogP contribution in [-0.2, 0) is 0 Å². The maximum atomic E-state index is 5.08. The zero-order chi connectivity index (χ0) is 14.1. The van der Waals surface area contributed by atoms with Crippen molar-refractivity contribution >= 4 is 5.69 Å². The number of hydrogen-bond acceptors (Lipinski definition) is 4. The molecule has 0 amide bonds. The van der Waals surface area contributed by atoms with Crippen LogP contribution in [-0.4, -0.2) is 36.1 Å². The third-order valence-electron chi connectivity index (χ3n) is 5.49. The highest BCUT2D eigenvalue weighted by atomic mass is 15.2. The molecule has 1 aromatic heterocycles. The largest absolute Gasteiger partial charge is 0.366 e. The van der Waals surface area contributed by atoms with Crippen LogP contribution >= 0.6 is 0 Å². The first-order valence-electron chi connectivity index (χ1n) is 8.74. The van der Waals surface area contributed by atoms with Gasteiger partial charge in [-0.3, -0.25) is 0 Å². The van der Waals surface area contributed by atoms with Gasteiger partial charge in [-0.1, -0.05) is 19.3 Å². The van der Waals surface area contributed by atoms with E-state index in [1.807, 2.05) is 0 Å². The highest BCUT2D eigenvalue weighted by Crippen LogP contribution is 2.40. The van der Waals surface area contributed by atoms with Crippen LogP contribution in [0.25, 0.3) is 0 Å². The van der Waals surface area contributed by atoms with Crippen LogP contribution in [0.4, 0.5) is 5.69 Å². The van der Waals surface area contributed by atoms with Gasteiger partial charge in [0.05, 0.1) is 17.6 Å². The van der Waals surface area contributed by atoms with Crippen molar-refractivity contribution in [2.24, 2.45) is 0 Å². The van der Waals surface area contributed by atoms with E-state index in [4.69, 9.17) is 9.97 Å². The Morgan fingerprint density at radius 2 is 1.67 bits per heavy atom. The summed E-state index contributed by atoms with van der Waals surface area (Å²) in [6, 6.07) is 0. The van der Waals surface area contributed by atoms with Crippen molar-refractivity contribution in [2.75, 3.05) is 31.1 Å². The molecule has 2 saturated carbocycles. The summed E-state index contributed by atoms with van der Waals surface area (Å²) in [5.74, 6) is 2.45. The standard InChI is InChI=1S/C17H26N4/c1-2-5-13(4-1)16-15(21-10-8-18-9-11-21)12-19-17(20-16)14-6-3-7-14/h12-14,18H,1-11H2. The Kier molecular flexibility index (Phi) is 3.80. The zero-order valence-corrected chi connectivity index (χ0v) is 12.9. The lowest BCUT2D eigenvalue weighted by Gasteiger charge is -2.32. The van der Waals surface area contributed by atoms with Gasteiger partial charge < -0.3 is 10.2 Å². The lowest BCUT2D eigenvalue weighted by Crippen LogP contribution is -2.44. The summed E-state index contributed by atoms with van der Waals surface area (Å²) < 4.78 is 0. The predicted octanol–water partition coefficient (Wildman–Crippen LogP) is 2.81. The van der Waals surface area contributed by atoms with E-state index in [2.05, 4.69) is 16.4 Å². The molecule has 0 spiro atoms. The van der Waals surface area contributed by atoms with E-state index in [1.165, 1.54) is 56.3 Å². The van der Waals surface area contributed by atoms with Crippen LogP contribution in [0.3, 0.4) is 0 Å². The van der Waals surface area contributed by atoms with Gasteiger partial charge in [0.1, 0.15) is 5.82 Å². The van der Waals surface area contributed by atoms with Crippen LogP contribution in [0.2, 0.25) is 0 Å². The highest BCUT2D eigenvalue weighted by Gasteiger charge is 2.28. The third kappa shape index (κ3) is 2.66.